The molecule has 0 saturated carbocycles. The molecule has 1 aliphatic rings. The summed E-state index contributed by atoms with van der Waals surface area (Å²) in [5, 5.41) is 3.69. The third-order valence-corrected chi connectivity index (χ3v) is 5.64. The number of rotatable bonds is 8. The molecule has 27 heavy (non-hydrogen) atoms. The number of aryl methyl sites for hydroxylation is 1. The first kappa shape index (κ1) is 19.5. The maximum Gasteiger partial charge on any atom is 0.254 e. The minimum atomic E-state index is -0.127. The smallest absolute Gasteiger partial charge is 0.254 e. The minimum absolute atomic E-state index is 0.0409. The van der Waals surface area contributed by atoms with Crippen LogP contribution in [0.3, 0.4) is 0 Å². The monoisotopic (exact) mass is 387 g/mol. The van der Waals surface area contributed by atoms with E-state index in [0.717, 1.165) is 41.4 Å². The van der Waals surface area contributed by atoms with E-state index >= 15 is 0 Å². The molecule has 6 nitrogen and oxygen atoms in total. The van der Waals surface area contributed by atoms with Gasteiger partial charge in [-0.15, -0.1) is 0 Å². The van der Waals surface area contributed by atoms with Crippen molar-refractivity contribution in [2.75, 3.05) is 19.4 Å². The fourth-order valence-electron chi connectivity index (χ4n) is 3.19. The predicted octanol–water partition coefficient (Wildman–Crippen LogP) is 2.60. The van der Waals surface area contributed by atoms with E-state index in [2.05, 4.69) is 17.2 Å². The van der Waals surface area contributed by atoms with Crippen molar-refractivity contribution in [3.63, 3.8) is 0 Å². The molecule has 0 bridgehead atoms. The summed E-state index contributed by atoms with van der Waals surface area (Å²) in [7, 11) is 1.64. The summed E-state index contributed by atoms with van der Waals surface area (Å²) in [6, 6.07) is 9.29. The first-order chi connectivity index (χ1) is 13.1. The summed E-state index contributed by atoms with van der Waals surface area (Å²) < 4.78 is 6.88. The van der Waals surface area contributed by atoms with Crippen LogP contribution < -0.4 is 15.6 Å². The average Bonchev–Trinajstić information content (AvgIpc) is 3.05. The lowest BCUT2D eigenvalue weighted by molar-refractivity contribution is -0.121. The molecule has 0 fully saturated rings. The Morgan fingerprint density at radius 3 is 3.00 bits per heavy atom. The van der Waals surface area contributed by atoms with Gasteiger partial charge in [-0.1, -0.05) is 37.2 Å². The van der Waals surface area contributed by atoms with E-state index in [0.29, 0.717) is 18.7 Å². The van der Waals surface area contributed by atoms with Crippen LogP contribution in [0.4, 0.5) is 0 Å². The van der Waals surface area contributed by atoms with Gasteiger partial charge in [-0.25, -0.2) is 4.98 Å². The van der Waals surface area contributed by atoms with Gasteiger partial charge in [0.05, 0.1) is 13.2 Å². The van der Waals surface area contributed by atoms with E-state index in [9.17, 15) is 9.59 Å². The Bertz CT molecular complexity index is 866. The summed E-state index contributed by atoms with van der Waals surface area (Å²) in [5.74, 6) is 1.48. The van der Waals surface area contributed by atoms with E-state index in [1.54, 1.807) is 29.5 Å². The summed E-state index contributed by atoms with van der Waals surface area (Å²) in [5.41, 5.74) is 1.90. The van der Waals surface area contributed by atoms with Crippen molar-refractivity contribution < 1.29 is 9.53 Å². The molecule has 1 atom stereocenters. The maximum atomic E-state index is 12.4. The summed E-state index contributed by atoms with van der Waals surface area (Å²) in [6.45, 7) is 2.62. The van der Waals surface area contributed by atoms with E-state index in [1.807, 2.05) is 24.3 Å². The molecule has 0 radical (unpaired) electrons. The van der Waals surface area contributed by atoms with Gasteiger partial charge in [-0.05, 0) is 30.5 Å². The highest BCUT2D eigenvalue weighted by Crippen LogP contribution is 2.32. The van der Waals surface area contributed by atoms with E-state index < -0.39 is 0 Å². The fraction of sp³-hybridized carbons (Fsp3) is 0.450. The van der Waals surface area contributed by atoms with E-state index in [1.165, 1.54) is 0 Å². The van der Waals surface area contributed by atoms with Gasteiger partial charge in [0.15, 0.2) is 5.16 Å². The Morgan fingerprint density at radius 1 is 1.37 bits per heavy atom. The second-order valence-corrected chi connectivity index (χ2v) is 7.60. The van der Waals surface area contributed by atoms with Crippen molar-refractivity contribution in [3.8, 4) is 5.75 Å². The third kappa shape index (κ3) is 4.91. The molecule has 144 valence electrons. The zero-order valence-corrected chi connectivity index (χ0v) is 16.6. The largest absolute Gasteiger partial charge is 0.497 e. The molecule has 7 heteroatoms. The average molecular weight is 388 g/mol. The molecule has 0 spiro atoms. The quantitative estimate of drug-likeness (QED) is 0.705. The second kappa shape index (κ2) is 9.08. The Hall–Kier alpha value is -2.28. The molecule has 0 saturated heterocycles. The van der Waals surface area contributed by atoms with Crippen molar-refractivity contribution in [1.29, 1.82) is 0 Å². The van der Waals surface area contributed by atoms with Crippen molar-refractivity contribution in [2.24, 2.45) is 0 Å². The molecule has 1 aromatic carbocycles. The van der Waals surface area contributed by atoms with Crippen LogP contribution in [-0.4, -0.2) is 34.9 Å². The minimum Gasteiger partial charge on any atom is -0.497 e. The van der Waals surface area contributed by atoms with Crippen LogP contribution in [0.2, 0.25) is 0 Å². The SMILES string of the molecule is CCCc1cc(=O)n2c(n1)SCC2CC(=O)NCCc1cccc(OC)c1. The van der Waals surface area contributed by atoms with Crippen molar-refractivity contribution in [2.45, 2.75) is 43.8 Å². The van der Waals surface area contributed by atoms with Gasteiger partial charge in [0.2, 0.25) is 5.91 Å². The van der Waals surface area contributed by atoms with Gasteiger partial charge < -0.3 is 10.1 Å². The van der Waals surface area contributed by atoms with Gasteiger partial charge in [0.25, 0.3) is 5.56 Å². The molecule has 1 unspecified atom stereocenters. The molecule has 1 aliphatic heterocycles. The first-order valence-corrected chi connectivity index (χ1v) is 10.2. The fourth-order valence-corrected chi connectivity index (χ4v) is 4.36. The van der Waals surface area contributed by atoms with Crippen LogP contribution in [0.25, 0.3) is 0 Å². The normalized spacial score (nSPS) is 15.4. The molecule has 2 heterocycles. The summed E-state index contributed by atoms with van der Waals surface area (Å²) in [4.78, 5) is 29.3. The zero-order chi connectivity index (χ0) is 19.2. The lowest BCUT2D eigenvalue weighted by atomic mass is 10.1. The zero-order valence-electron chi connectivity index (χ0n) is 15.7. The Morgan fingerprint density at radius 2 is 2.22 bits per heavy atom. The standard InChI is InChI=1S/C20H25N3O3S/c1-3-5-15-11-19(25)23-16(13-27-20(23)22-15)12-18(24)21-9-8-14-6-4-7-17(10-14)26-2/h4,6-7,10-11,16H,3,5,8-9,12-13H2,1-2H3,(H,21,24). The highest BCUT2D eigenvalue weighted by molar-refractivity contribution is 7.99. The van der Waals surface area contributed by atoms with Crippen molar-refractivity contribution >= 4 is 17.7 Å². The third-order valence-electron chi connectivity index (χ3n) is 4.54. The van der Waals surface area contributed by atoms with Gasteiger partial charge in [0, 0.05) is 30.5 Å². The number of aromatic nitrogens is 2. The molecule has 3 rings (SSSR count). The van der Waals surface area contributed by atoms with Crippen LogP contribution in [-0.2, 0) is 17.6 Å². The highest BCUT2D eigenvalue weighted by atomic mass is 32.2. The van der Waals surface area contributed by atoms with Crippen molar-refractivity contribution in [1.82, 2.24) is 14.9 Å². The highest BCUT2D eigenvalue weighted by Gasteiger charge is 2.27. The first-order valence-electron chi connectivity index (χ1n) is 9.25. The number of nitrogens with zero attached hydrogens (tertiary/aromatic N) is 2. The topological polar surface area (TPSA) is 73.2 Å². The molecule has 1 amide bonds. The second-order valence-electron chi connectivity index (χ2n) is 6.61. The Balaban J connectivity index is 1.54. The Labute approximate surface area is 163 Å². The number of methoxy groups -OCH3 is 1. The lowest BCUT2D eigenvalue weighted by Gasteiger charge is -2.13. The van der Waals surface area contributed by atoms with Gasteiger partial charge in [0.1, 0.15) is 5.75 Å². The van der Waals surface area contributed by atoms with Gasteiger partial charge in [-0.2, -0.15) is 0 Å². The lowest BCUT2D eigenvalue weighted by Crippen LogP contribution is -2.31. The molecular formula is C20H25N3O3S. The number of benzene rings is 1. The van der Waals surface area contributed by atoms with Crippen LogP contribution in [0.15, 0.2) is 40.3 Å². The number of ether oxygens (including phenoxy) is 1. The molecule has 1 N–H and O–H groups in total. The van der Waals surface area contributed by atoms with Crippen LogP contribution in [0, 0.1) is 0 Å². The van der Waals surface area contributed by atoms with E-state index in [-0.39, 0.29) is 17.5 Å². The van der Waals surface area contributed by atoms with Gasteiger partial charge >= 0.3 is 0 Å². The number of amides is 1. The van der Waals surface area contributed by atoms with E-state index in [4.69, 9.17) is 4.74 Å². The molecular weight excluding hydrogens is 362 g/mol. The Kier molecular flexibility index (Phi) is 6.55. The number of carbonyl (C=O) groups is 1. The molecule has 2 aromatic rings. The number of nitrogens with one attached hydrogen (secondary N) is 1. The number of hydrogen-bond acceptors (Lipinski definition) is 5. The predicted molar refractivity (Wildman–Crippen MR) is 107 cm³/mol. The maximum absolute atomic E-state index is 12.4. The van der Waals surface area contributed by atoms with Crippen LogP contribution >= 0.6 is 11.8 Å². The summed E-state index contributed by atoms with van der Waals surface area (Å²) in [6.07, 6.45) is 2.80. The number of hydrogen-bond donors (Lipinski definition) is 1. The number of fused-ring (bicyclic) bond motifs is 1. The molecule has 1 aromatic heterocycles. The molecule has 0 aliphatic carbocycles. The van der Waals surface area contributed by atoms with Crippen molar-refractivity contribution in [3.05, 3.63) is 51.9 Å². The number of carbonyl (C=O) groups excluding carboxylic acids is 1. The van der Waals surface area contributed by atoms with Crippen LogP contribution in [0.1, 0.15) is 37.1 Å². The number of thioether (sulfide) groups is 1. The summed E-state index contributed by atoms with van der Waals surface area (Å²) >= 11 is 1.55. The van der Waals surface area contributed by atoms with Crippen LogP contribution in [0.5, 0.6) is 5.75 Å². The van der Waals surface area contributed by atoms with Gasteiger partial charge in [-0.3, -0.25) is 14.2 Å².